The van der Waals surface area contributed by atoms with Crippen LogP contribution in [0.15, 0.2) is 30.3 Å². The monoisotopic (exact) mass is 474 g/mol. The Morgan fingerprint density at radius 1 is 0.867 bits per heavy atom. The normalized spacial score (nSPS) is 11.7. The topological polar surface area (TPSA) is 0 Å². The molecule has 0 aromatic heterocycles. The Bertz CT molecular complexity index is 266. The molecule has 1 aromatic rings. The third kappa shape index (κ3) is 8.26. The molecule has 0 nitrogen and oxygen atoms in total. The van der Waals surface area contributed by atoms with Crippen molar-refractivity contribution in [3.05, 3.63) is 30.3 Å². The average Bonchev–Trinajstić information content (AvgIpc) is 2.02. The van der Waals surface area contributed by atoms with Gasteiger partial charge in [0.25, 0.3) is 0 Å². The van der Waals surface area contributed by atoms with Crippen molar-refractivity contribution in [3.63, 3.8) is 0 Å². The summed E-state index contributed by atoms with van der Waals surface area (Å²) in [6, 6.07) is 10.3. The molecular formula is C10H17SbSe2Si2. The standard InChI is InChI=1S/C6H5.C4H12Se2Si2.Sb/c1-2-4-6-5-3-1;1-7(2,5)8(3,4)6;/h1-5H;1-4H3;. The minimum absolute atomic E-state index is 0.900. The van der Waals surface area contributed by atoms with E-state index in [4.69, 9.17) is 0 Å². The van der Waals surface area contributed by atoms with Gasteiger partial charge in [-0.2, -0.15) is 0 Å². The first-order chi connectivity index (χ1) is 6.64. The predicted octanol–water partition coefficient (Wildman–Crippen LogP) is 1.29. The van der Waals surface area contributed by atoms with Gasteiger partial charge in [0, 0.05) is 0 Å². The summed E-state index contributed by atoms with van der Waals surface area (Å²) in [5.74, 6) is 0. The van der Waals surface area contributed by atoms with Crippen LogP contribution in [0.5, 0.6) is 0 Å². The van der Waals surface area contributed by atoms with Gasteiger partial charge in [-0.1, -0.05) is 0 Å². The first kappa shape index (κ1) is 16.5. The van der Waals surface area contributed by atoms with Gasteiger partial charge >= 0.3 is 126 Å². The van der Waals surface area contributed by atoms with E-state index >= 15 is 0 Å². The average molecular weight is 473 g/mol. The van der Waals surface area contributed by atoms with Gasteiger partial charge in [0.2, 0.25) is 0 Å². The SMILES string of the molecule is C[Si](C)([Se])[Si](C)(C)[Se].[Sb][c]1ccccc1. The zero-order chi connectivity index (χ0) is 12.1. The van der Waals surface area contributed by atoms with Crippen LogP contribution in [0.25, 0.3) is 0 Å². The summed E-state index contributed by atoms with van der Waals surface area (Å²) in [6.45, 7) is 9.54. The predicted molar refractivity (Wildman–Crippen MR) is 78.3 cm³/mol. The molecular weight excluding hydrogens is 456 g/mol. The van der Waals surface area contributed by atoms with E-state index in [9.17, 15) is 0 Å². The second-order valence-corrected chi connectivity index (χ2v) is 37.1. The third-order valence-corrected chi connectivity index (χ3v) is 39.8. The van der Waals surface area contributed by atoms with Gasteiger partial charge < -0.3 is 0 Å². The molecule has 0 saturated heterocycles. The Labute approximate surface area is 125 Å². The number of rotatable bonds is 1. The van der Waals surface area contributed by atoms with Crippen molar-refractivity contribution in [1.82, 2.24) is 0 Å². The maximum atomic E-state index is 3.33. The molecule has 0 spiro atoms. The van der Waals surface area contributed by atoms with Crippen LogP contribution in [0.4, 0.5) is 0 Å². The molecule has 0 fully saturated rings. The van der Waals surface area contributed by atoms with Gasteiger partial charge in [-0.25, -0.2) is 0 Å². The molecule has 4 radical (unpaired) electrons. The summed E-state index contributed by atoms with van der Waals surface area (Å²) in [4.78, 5) is 0. The van der Waals surface area contributed by atoms with Gasteiger partial charge in [-0.3, -0.25) is 0 Å². The molecule has 0 bridgehead atoms. The summed E-state index contributed by atoms with van der Waals surface area (Å²) >= 11 is 8.41. The molecule has 0 aliphatic heterocycles. The summed E-state index contributed by atoms with van der Waals surface area (Å²) < 4.78 is 1.37. The van der Waals surface area contributed by atoms with Crippen LogP contribution >= 0.6 is 0 Å². The van der Waals surface area contributed by atoms with Gasteiger partial charge in [0.1, 0.15) is 0 Å². The zero-order valence-electron chi connectivity index (χ0n) is 9.65. The quantitative estimate of drug-likeness (QED) is 0.540. The summed E-state index contributed by atoms with van der Waals surface area (Å²) in [6.07, 6.45) is -1.80. The van der Waals surface area contributed by atoms with E-state index in [0.29, 0.717) is 0 Å². The molecule has 5 heteroatoms. The van der Waals surface area contributed by atoms with E-state index < -0.39 is 12.4 Å². The van der Waals surface area contributed by atoms with Crippen LogP contribution in [-0.4, -0.2) is 66.2 Å². The molecule has 15 heavy (non-hydrogen) atoms. The zero-order valence-corrected chi connectivity index (χ0v) is 17.6. The Balaban J connectivity index is 0.000000262. The number of hydrogen-bond acceptors (Lipinski definition) is 0. The van der Waals surface area contributed by atoms with Crippen LogP contribution < -0.4 is 3.51 Å². The van der Waals surface area contributed by atoms with Gasteiger partial charge in [0.15, 0.2) is 0 Å². The van der Waals surface area contributed by atoms with Crippen LogP contribution in [0.3, 0.4) is 0 Å². The number of hydrogen-bond donors (Lipinski definition) is 0. The molecule has 0 heterocycles. The van der Waals surface area contributed by atoms with Crippen molar-refractivity contribution in [2.45, 2.75) is 26.2 Å². The van der Waals surface area contributed by atoms with Gasteiger partial charge in [-0.15, -0.1) is 0 Å². The fourth-order valence-corrected chi connectivity index (χ4v) is 0.919. The van der Waals surface area contributed by atoms with Crippen molar-refractivity contribution in [3.8, 4) is 0 Å². The second-order valence-electron chi connectivity index (χ2n) is 4.36. The van der Waals surface area contributed by atoms with Gasteiger partial charge in [-0.05, 0) is 0 Å². The van der Waals surface area contributed by atoms with Crippen molar-refractivity contribution >= 4 is 69.7 Å². The van der Waals surface area contributed by atoms with Crippen molar-refractivity contribution in [2.75, 3.05) is 0 Å². The molecule has 0 aliphatic carbocycles. The molecule has 0 N–H and O–H groups in total. The molecule has 1 aromatic carbocycles. The Kier molecular flexibility index (Phi) is 7.77. The fourth-order valence-electron chi connectivity index (χ4n) is 0.428. The maximum absolute atomic E-state index is 3.33. The summed E-state index contributed by atoms with van der Waals surface area (Å²) in [7, 11) is 0. The Morgan fingerprint density at radius 2 is 1.20 bits per heavy atom. The first-order valence-corrected chi connectivity index (χ1v) is 18.0. The molecule has 0 amide bonds. The van der Waals surface area contributed by atoms with Gasteiger partial charge in [0.05, 0.1) is 0 Å². The van der Waals surface area contributed by atoms with Crippen LogP contribution in [-0.2, 0) is 0 Å². The van der Waals surface area contributed by atoms with E-state index in [1.807, 2.05) is 18.2 Å². The van der Waals surface area contributed by atoms with Crippen molar-refractivity contribution in [2.24, 2.45) is 0 Å². The minimum atomic E-state index is -0.900. The van der Waals surface area contributed by atoms with E-state index in [2.05, 4.69) is 69.1 Å². The van der Waals surface area contributed by atoms with E-state index in [1.165, 1.54) is 3.51 Å². The van der Waals surface area contributed by atoms with Crippen LogP contribution in [0.2, 0.25) is 26.2 Å². The number of benzene rings is 1. The van der Waals surface area contributed by atoms with E-state index in [-0.39, 0.29) is 0 Å². The van der Waals surface area contributed by atoms with Crippen molar-refractivity contribution < 1.29 is 0 Å². The molecule has 1 rings (SSSR count). The van der Waals surface area contributed by atoms with Crippen LogP contribution in [0, 0.1) is 0 Å². The molecule has 0 atom stereocenters. The first-order valence-electron chi connectivity index (χ1n) is 4.79. The Morgan fingerprint density at radius 3 is 1.33 bits per heavy atom. The van der Waals surface area contributed by atoms with Crippen molar-refractivity contribution in [1.29, 1.82) is 0 Å². The summed E-state index contributed by atoms with van der Waals surface area (Å²) in [5.41, 5.74) is 0. The third-order valence-electron chi connectivity index (χ3n) is 2.21. The van der Waals surface area contributed by atoms with Crippen LogP contribution in [0.1, 0.15) is 0 Å². The molecule has 0 unspecified atom stereocenters. The molecule has 0 aliphatic rings. The fraction of sp³-hybridized carbons (Fsp3) is 0.400. The Hall–Kier alpha value is 1.51. The second kappa shape index (κ2) is 7.06. The molecule has 82 valence electrons. The summed E-state index contributed by atoms with van der Waals surface area (Å²) in [5, 5.41) is 0. The van der Waals surface area contributed by atoms with E-state index in [1.54, 1.807) is 23.0 Å². The van der Waals surface area contributed by atoms with E-state index in [0.717, 1.165) is 0 Å². The molecule has 0 saturated carbocycles.